The number of hydrogen-bond acceptors (Lipinski definition) is 4. The van der Waals surface area contributed by atoms with Gasteiger partial charge in [-0.1, -0.05) is 29.3 Å². The van der Waals surface area contributed by atoms with Gasteiger partial charge in [0.25, 0.3) is 0 Å². The molecule has 0 atom stereocenters. The van der Waals surface area contributed by atoms with Crippen molar-refractivity contribution in [3.63, 3.8) is 0 Å². The summed E-state index contributed by atoms with van der Waals surface area (Å²) >= 11 is 11.7. The summed E-state index contributed by atoms with van der Waals surface area (Å²) in [5.74, 6) is 0.694. The molecule has 0 fully saturated rings. The van der Waals surface area contributed by atoms with Crippen LogP contribution < -0.4 is 10.0 Å². The molecular formula is C14H15Cl2N3O2S. The lowest BCUT2D eigenvalue weighted by molar-refractivity contribution is 0.583. The fraction of sp³-hybridized carbons (Fsp3) is 0.214. The molecule has 0 spiro atoms. The summed E-state index contributed by atoms with van der Waals surface area (Å²) in [6, 6.07) is 9.88. The van der Waals surface area contributed by atoms with Crippen molar-refractivity contribution in [2.45, 2.75) is 11.8 Å². The van der Waals surface area contributed by atoms with E-state index in [1.807, 2.05) is 25.1 Å². The first-order chi connectivity index (χ1) is 10.4. The molecule has 0 aliphatic heterocycles. The molecule has 1 aromatic heterocycles. The Bertz CT molecular complexity index is 766. The zero-order chi connectivity index (χ0) is 16.2. The highest BCUT2D eigenvalue weighted by Gasteiger charge is 2.17. The van der Waals surface area contributed by atoms with Gasteiger partial charge in [0.05, 0.1) is 5.02 Å². The molecule has 2 rings (SSSR count). The summed E-state index contributed by atoms with van der Waals surface area (Å²) in [7, 11) is -3.70. The monoisotopic (exact) mass is 359 g/mol. The van der Waals surface area contributed by atoms with Crippen molar-refractivity contribution in [1.82, 2.24) is 9.71 Å². The molecule has 8 heteroatoms. The molecule has 0 saturated heterocycles. The molecule has 0 unspecified atom stereocenters. The van der Waals surface area contributed by atoms with Gasteiger partial charge in [0, 0.05) is 23.8 Å². The first-order valence-corrected chi connectivity index (χ1v) is 8.75. The molecule has 118 valence electrons. The summed E-state index contributed by atoms with van der Waals surface area (Å²) in [4.78, 5) is 4.23. The van der Waals surface area contributed by atoms with Gasteiger partial charge in [-0.25, -0.2) is 18.1 Å². The third-order valence-electron chi connectivity index (χ3n) is 2.79. The Kier molecular flexibility index (Phi) is 5.63. The van der Waals surface area contributed by atoms with Crippen LogP contribution in [0.15, 0.2) is 41.3 Å². The minimum Gasteiger partial charge on any atom is -0.369 e. The Balaban J connectivity index is 1.94. The second-order valence-electron chi connectivity index (χ2n) is 4.56. The number of nitrogens with zero attached hydrogens (tertiary/aromatic N) is 1. The van der Waals surface area contributed by atoms with Crippen LogP contribution in [0.4, 0.5) is 5.82 Å². The second kappa shape index (κ2) is 7.28. The first kappa shape index (κ1) is 17.0. The average Bonchev–Trinajstić information content (AvgIpc) is 2.46. The summed E-state index contributed by atoms with van der Waals surface area (Å²) in [6.45, 7) is 2.48. The molecule has 0 aliphatic carbocycles. The quantitative estimate of drug-likeness (QED) is 0.777. The Hall–Kier alpha value is -1.34. The normalized spacial score (nSPS) is 11.4. The lowest BCUT2D eigenvalue weighted by Gasteiger charge is -2.10. The average molecular weight is 360 g/mol. The Morgan fingerprint density at radius 3 is 2.64 bits per heavy atom. The largest absolute Gasteiger partial charge is 0.369 e. The zero-order valence-corrected chi connectivity index (χ0v) is 14.1. The molecule has 1 heterocycles. The van der Waals surface area contributed by atoms with Gasteiger partial charge in [0.15, 0.2) is 0 Å². The summed E-state index contributed by atoms with van der Waals surface area (Å²) < 4.78 is 26.8. The number of pyridine rings is 1. The second-order valence-corrected chi connectivity index (χ2v) is 7.14. The predicted octanol–water partition coefficient (Wildman–Crippen LogP) is 3.09. The highest BCUT2D eigenvalue weighted by molar-refractivity contribution is 7.89. The van der Waals surface area contributed by atoms with Gasteiger partial charge in [-0.2, -0.15) is 0 Å². The molecule has 0 saturated carbocycles. The number of hydrogen-bond donors (Lipinski definition) is 2. The van der Waals surface area contributed by atoms with Crippen LogP contribution in [0.5, 0.6) is 0 Å². The molecule has 22 heavy (non-hydrogen) atoms. The fourth-order valence-electron chi connectivity index (χ4n) is 1.78. The Morgan fingerprint density at radius 1 is 1.14 bits per heavy atom. The SMILES string of the molecule is Cc1cccc(NCCNS(=O)(=O)c2cc(Cl)ccc2Cl)n1. The van der Waals surface area contributed by atoms with E-state index in [1.165, 1.54) is 18.2 Å². The number of anilines is 1. The number of rotatable bonds is 6. The third-order valence-corrected chi connectivity index (χ3v) is 4.97. The van der Waals surface area contributed by atoms with Gasteiger partial charge in [0.1, 0.15) is 10.7 Å². The van der Waals surface area contributed by atoms with Gasteiger partial charge in [-0.05, 0) is 37.3 Å². The lowest BCUT2D eigenvalue weighted by Crippen LogP contribution is -2.29. The van der Waals surface area contributed by atoms with Crippen molar-refractivity contribution in [2.24, 2.45) is 0 Å². The van der Waals surface area contributed by atoms with Crippen LogP contribution in [0.1, 0.15) is 5.69 Å². The van der Waals surface area contributed by atoms with Crippen molar-refractivity contribution >= 4 is 39.0 Å². The minimum atomic E-state index is -3.70. The molecule has 5 nitrogen and oxygen atoms in total. The van der Waals surface area contributed by atoms with E-state index in [1.54, 1.807) is 0 Å². The molecule has 2 N–H and O–H groups in total. The Morgan fingerprint density at radius 2 is 1.91 bits per heavy atom. The highest BCUT2D eigenvalue weighted by Crippen LogP contribution is 2.24. The van der Waals surface area contributed by atoms with E-state index >= 15 is 0 Å². The predicted molar refractivity (Wildman–Crippen MR) is 89.1 cm³/mol. The van der Waals surface area contributed by atoms with Crippen molar-refractivity contribution in [2.75, 3.05) is 18.4 Å². The zero-order valence-electron chi connectivity index (χ0n) is 11.8. The number of benzene rings is 1. The van der Waals surface area contributed by atoms with Crippen LogP contribution in [0.2, 0.25) is 10.0 Å². The van der Waals surface area contributed by atoms with Crippen LogP contribution in [-0.2, 0) is 10.0 Å². The number of sulfonamides is 1. The van der Waals surface area contributed by atoms with E-state index in [2.05, 4.69) is 15.0 Å². The van der Waals surface area contributed by atoms with Crippen LogP contribution in [0, 0.1) is 6.92 Å². The van der Waals surface area contributed by atoms with Crippen LogP contribution in [0.25, 0.3) is 0 Å². The topological polar surface area (TPSA) is 71.1 Å². The van der Waals surface area contributed by atoms with E-state index in [4.69, 9.17) is 23.2 Å². The molecular weight excluding hydrogens is 345 g/mol. The Labute approximate surface area is 139 Å². The summed E-state index contributed by atoms with van der Waals surface area (Å²) in [5, 5.41) is 3.48. The summed E-state index contributed by atoms with van der Waals surface area (Å²) in [5.41, 5.74) is 0.885. The van der Waals surface area contributed by atoms with Gasteiger partial charge in [0.2, 0.25) is 10.0 Å². The number of halogens is 2. The van der Waals surface area contributed by atoms with Gasteiger partial charge >= 0.3 is 0 Å². The molecule has 2 aromatic rings. The number of aryl methyl sites for hydroxylation is 1. The maximum absolute atomic E-state index is 12.2. The summed E-state index contributed by atoms with van der Waals surface area (Å²) in [6.07, 6.45) is 0. The maximum Gasteiger partial charge on any atom is 0.242 e. The van der Waals surface area contributed by atoms with E-state index in [9.17, 15) is 8.42 Å². The lowest BCUT2D eigenvalue weighted by atomic mass is 10.4. The maximum atomic E-state index is 12.2. The number of aromatic nitrogens is 1. The standard InChI is InChI=1S/C14H15Cl2N3O2S/c1-10-3-2-4-14(19-10)17-7-8-18-22(20,21)13-9-11(15)5-6-12(13)16/h2-6,9,18H,7-8H2,1H3,(H,17,19). The van der Waals surface area contributed by atoms with Gasteiger partial charge in [-0.3, -0.25) is 0 Å². The smallest absolute Gasteiger partial charge is 0.242 e. The molecule has 0 bridgehead atoms. The van der Waals surface area contributed by atoms with Gasteiger partial charge < -0.3 is 5.32 Å². The van der Waals surface area contributed by atoms with E-state index < -0.39 is 10.0 Å². The van der Waals surface area contributed by atoms with E-state index in [0.29, 0.717) is 17.4 Å². The first-order valence-electron chi connectivity index (χ1n) is 6.51. The van der Waals surface area contributed by atoms with Crippen molar-refractivity contribution < 1.29 is 8.42 Å². The van der Waals surface area contributed by atoms with Crippen molar-refractivity contribution in [1.29, 1.82) is 0 Å². The fourth-order valence-corrected chi connectivity index (χ4v) is 3.57. The number of nitrogens with one attached hydrogen (secondary N) is 2. The van der Waals surface area contributed by atoms with Gasteiger partial charge in [-0.15, -0.1) is 0 Å². The molecule has 1 aromatic carbocycles. The van der Waals surface area contributed by atoms with Crippen LogP contribution in [0.3, 0.4) is 0 Å². The van der Waals surface area contributed by atoms with Crippen LogP contribution in [-0.4, -0.2) is 26.5 Å². The van der Waals surface area contributed by atoms with Crippen molar-refractivity contribution in [3.8, 4) is 0 Å². The molecule has 0 radical (unpaired) electrons. The highest BCUT2D eigenvalue weighted by atomic mass is 35.5. The third kappa shape index (κ3) is 4.58. The minimum absolute atomic E-state index is 0.0321. The van der Waals surface area contributed by atoms with Crippen LogP contribution >= 0.6 is 23.2 Å². The van der Waals surface area contributed by atoms with Crippen molar-refractivity contribution in [3.05, 3.63) is 52.1 Å². The van der Waals surface area contributed by atoms with E-state index in [-0.39, 0.29) is 16.5 Å². The van der Waals surface area contributed by atoms with E-state index in [0.717, 1.165) is 5.69 Å². The molecule has 0 amide bonds. The molecule has 0 aliphatic rings.